The van der Waals surface area contributed by atoms with Gasteiger partial charge in [0, 0.05) is 42.8 Å². The quantitative estimate of drug-likeness (QED) is 0.535. The molecule has 3 rings (SSSR count). The van der Waals surface area contributed by atoms with E-state index in [0.717, 1.165) is 21.0 Å². The Labute approximate surface area is 200 Å². The summed E-state index contributed by atoms with van der Waals surface area (Å²) in [7, 11) is 0. The topological polar surface area (TPSA) is 80.0 Å². The van der Waals surface area contributed by atoms with Crippen LogP contribution in [0, 0.1) is 0 Å². The highest BCUT2D eigenvalue weighted by molar-refractivity contribution is 7.15. The number of benzene rings is 1. The Morgan fingerprint density at radius 3 is 2.76 bits per heavy atom. The SMILES string of the molecule is C=C(/N=C\C/C=C\c1sc(C(=O)N2CCOCC2)cc1CN)Nc1cccc(C(C)(C)C)c1. The van der Waals surface area contributed by atoms with Crippen LogP contribution in [0.25, 0.3) is 6.08 Å². The Hall–Kier alpha value is -2.74. The number of nitrogens with zero attached hydrogens (tertiary/aromatic N) is 2. The molecule has 1 aliphatic heterocycles. The van der Waals surface area contributed by atoms with Gasteiger partial charge < -0.3 is 20.7 Å². The third kappa shape index (κ3) is 7.12. The Morgan fingerprint density at radius 2 is 2.06 bits per heavy atom. The summed E-state index contributed by atoms with van der Waals surface area (Å²) in [6.07, 6.45) is 6.50. The van der Waals surface area contributed by atoms with Crippen LogP contribution in [0.5, 0.6) is 0 Å². The van der Waals surface area contributed by atoms with Crippen LogP contribution in [0.3, 0.4) is 0 Å². The first-order valence-corrected chi connectivity index (χ1v) is 12.0. The summed E-state index contributed by atoms with van der Waals surface area (Å²) in [5.41, 5.74) is 9.20. The number of nitrogens with two attached hydrogens (primary N) is 1. The molecule has 0 radical (unpaired) electrons. The summed E-state index contributed by atoms with van der Waals surface area (Å²) in [4.78, 5) is 20.7. The van der Waals surface area contributed by atoms with E-state index in [-0.39, 0.29) is 11.3 Å². The number of rotatable bonds is 8. The van der Waals surface area contributed by atoms with E-state index in [1.165, 1.54) is 16.9 Å². The van der Waals surface area contributed by atoms with Gasteiger partial charge in [-0.3, -0.25) is 4.79 Å². The molecule has 176 valence electrons. The summed E-state index contributed by atoms with van der Waals surface area (Å²) >= 11 is 1.48. The number of morpholine rings is 1. The number of thiophene rings is 1. The number of hydrogen-bond acceptors (Lipinski definition) is 6. The zero-order valence-electron chi connectivity index (χ0n) is 19.8. The second-order valence-electron chi connectivity index (χ2n) is 8.96. The van der Waals surface area contributed by atoms with E-state index in [1.54, 1.807) is 0 Å². The van der Waals surface area contributed by atoms with Gasteiger partial charge in [0.25, 0.3) is 5.91 Å². The van der Waals surface area contributed by atoms with Crippen molar-refractivity contribution < 1.29 is 9.53 Å². The molecule has 2 heterocycles. The van der Waals surface area contributed by atoms with Crippen LogP contribution < -0.4 is 11.1 Å². The van der Waals surface area contributed by atoms with Crippen LogP contribution in [0.2, 0.25) is 0 Å². The van der Waals surface area contributed by atoms with E-state index in [2.05, 4.69) is 49.8 Å². The van der Waals surface area contributed by atoms with E-state index >= 15 is 0 Å². The molecule has 3 N–H and O–H groups in total. The van der Waals surface area contributed by atoms with E-state index in [4.69, 9.17) is 10.5 Å². The second kappa shape index (κ2) is 11.4. The summed E-state index contributed by atoms with van der Waals surface area (Å²) in [5.74, 6) is 0.642. The first kappa shape index (κ1) is 24.9. The molecule has 1 fully saturated rings. The first-order chi connectivity index (χ1) is 15.8. The van der Waals surface area contributed by atoms with Gasteiger partial charge in [-0.15, -0.1) is 11.3 Å². The molecule has 33 heavy (non-hydrogen) atoms. The minimum absolute atomic E-state index is 0.0529. The zero-order valence-corrected chi connectivity index (χ0v) is 20.6. The number of ether oxygens (including phenoxy) is 1. The van der Waals surface area contributed by atoms with Crippen LogP contribution in [0.15, 0.2) is 53.8 Å². The number of allylic oxidation sites excluding steroid dienone is 1. The van der Waals surface area contributed by atoms with Crippen LogP contribution in [-0.4, -0.2) is 43.3 Å². The number of nitrogens with one attached hydrogen (secondary N) is 1. The number of carbonyl (C=O) groups is 1. The summed E-state index contributed by atoms with van der Waals surface area (Å²) < 4.78 is 5.34. The van der Waals surface area contributed by atoms with Gasteiger partial charge in [0.1, 0.15) is 5.82 Å². The maximum Gasteiger partial charge on any atom is 0.264 e. The monoisotopic (exact) mass is 466 g/mol. The molecule has 0 unspecified atom stereocenters. The van der Waals surface area contributed by atoms with Gasteiger partial charge in [-0.25, -0.2) is 4.99 Å². The number of hydrogen-bond donors (Lipinski definition) is 2. The zero-order chi connectivity index (χ0) is 23.8. The lowest BCUT2D eigenvalue weighted by atomic mass is 9.87. The van der Waals surface area contributed by atoms with Gasteiger partial charge in [-0.2, -0.15) is 0 Å². The highest BCUT2D eigenvalue weighted by Gasteiger charge is 2.21. The van der Waals surface area contributed by atoms with Crippen molar-refractivity contribution in [1.82, 2.24) is 4.90 Å². The Morgan fingerprint density at radius 1 is 1.30 bits per heavy atom. The van der Waals surface area contributed by atoms with Crippen LogP contribution in [0.4, 0.5) is 5.69 Å². The number of aliphatic imine (C=N–C) groups is 1. The number of amides is 1. The maximum atomic E-state index is 12.7. The highest BCUT2D eigenvalue weighted by atomic mass is 32.1. The van der Waals surface area contributed by atoms with Crippen LogP contribution in [0.1, 0.15) is 52.9 Å². The predicted molar refractivity (Wildman–Crippen MR) is 139 cm³/mol. The molecule has 1 amide bonds. The molecule has 0 aliphatic carbocycles. The van der Waals surface area contributed by atoms with Gasteiger partial charge in [0.15, 0.2) is 0 Å². The molecule has 0 atom stereocenters. The van der Waals surface area contributed by atoms with Gasteiger partial charge in [-0.05, 0) is 40.8 Å². The third-order valence-corrected chi connectivity index (χ3v) is 6.48. The average Bonchev–Trinajstić information content (AvgIpc) is 3.21. The van der Waals surface area contributed by atoms with Crippen molar-refractivity contribution >= 4 is 35.2 Å². The molecule has 6 nitrogen and oxygen atoms in total. The average molecular weight is 467 g/mol. The summed E-state index contributed by atoms with van der Waals surface area (Å²) in [6, 6.07) is 10.2. The van der Waals surface area contributed by atoms with Crippen LogP contribution in [-0.2, 0) is 16.7 Å². The van der Waals surface area contributed by atoms with Crippen LogP contribution >= 0.6 is 11.3 Å². The molecule has 1 aromatic carbocycles. The second-order valence-corrected chi connectivity index (χ2v) is 10.0. The standard InChI is InChI=1S/C26H34N4O2S/c1-19(29-22-9-7-8-21(17-22)26(2,3)4)28-11-6-5-10-23-20(18-27)16-24(33-23)25(31)30-12-14-32-15-13-30/h5,7-11,16-17,29H,1,6,12-15,18,27H2,2-4H3/b10-5-,28-11-. The van der Waals surface area contributed by atoms with Crippen molar-refractivity contribution in [2.24, 2.45) is 10.7 Å². The fourth-order valence-corrected chi connectivity index (χ4v) is 4.52. The molecular weight excluding hydrogens is 432 g/mol. The molecule has 0 saturated carbocycles. The number of anilines is 1. The fraction of sp³-hybridized carbons (Fsp3) is 0.385. The third-order valence-electron chi connectivity index (χ3n) is 5.35. The molecular formula is C26H34N4O2S. The molecule has 0 spiro atoms. The van der Waals surface area contributed by atoms with Crippen molar-refractivity contribution in [2.45, 2.75) is 39.2 Å². The van der Waals surface area contributed by atoms with E-state index in [1.807, 2.05) is 41.5 Å². The van der Waals surface area contributed by atoms with E-state index in [9.17, 15) is 4.79 Å². The van der Waals surface area contributed by atoms with Gasteiger partial charge in [-0.1, -0.05) is 45.6 Å². The molecule has 7 heteroatoms. The van der Waals surface area contributed by atoms with E-state index in [0.29, 0.717) is 45.1 Å². The van der Waals surface area contributed by atoms with Gasteiger partial charge >= 0.3 is 0 Å². The van der Waals surface area contributed by atoms with E-state index < -0.39 is 0 Å². The van der Waals surface area contributed by atoms with Crippen molar-refractivity contribution in [3.8, 4) is 0 Å². The summed E-state index contributed by atoms with van der Waals surface area (Å²) in [5, 5.41) is 3.25. The maximum absolute atomic E-state index is 12.7. The molecule has 1 aliphatic rings. The Balaban J connectivity index is 1.55. The normalized spacial score (nSPS) is 14.8. The molecule has 0 bridgehead atoms. The first-order valence-electron chi connectivity index (χ1n) is 11.2. The fourth-order valence-electron chi connectivity index (χ4n) is 3.43. The van der Waals surface area contributed by atoms with Crippen molar-refractivity contribution in [1.29, 1.82) is 0 Å². The minimum atomic E-state index is 0.0529. The molecule has 2 aromatic rings. The van der Waals surface area contributed by atoms with Gasteiger partial charge in [0.05, 0.1) is 18.1 Å². The lowest BCUT2D eigenvalue weighted by Gasteiger charge is -2.26. The lowest BCUT2D eigenvalue weighted by Crippen LogP contribution is -2.40. The molecule has 1 saturated heterocycles. The summed E-state index contributed by atoms with van der Waals surface area (Å²) in [6.45, 7) is 13.4. The van der Waals surface area contributed by atoms with Crippen molar-refractivity contribution in [3.63, 3.8) is 0 Å². The highest BCUT2D eigenvalue weighted by Crippen LogP contribution is 2.26. The predicted octanol–water partition coefficient (Wildman–Crippen LogP) is 5.03. The van der Waals surface area contributed by atoms with Gasteiger partial charge in [0.2, 0.25) is 0 Å². The van der Waals surface area contributed by atoms with Crippen molar-refractivity contribution in [3.05, 3.63) is 69.7 Å². The minimum Gasteiger partial charge on any atom is -0.378 e. The van der Waals surface area contributed by atoms with Crippen molar-refractivity contribution in [2.75, 3.05) is 31.6 Å². The Bertz CT molecular complexity index is 1030. The lowest BCUT2D eigenvalue weighted by molar-refractivity contribution is 0.0306. The largest absolute Gasteiger partial charge is 0.378 e. The Kier molecular flexibility index (Phi) is 8.61. The number of carbonyl (C=O) groups excluding carboxylic acids is 1. The molecule has 1 aromatic heterocycles. The smallest absolute Gasteiger partial charge is 0.264 e.